The zero-order valence-electron chi connectivity index (χ0n) is 9.34. The van der Waals surface area contributed by atoms with Gasteiger partial charge in [-0.05, 0) is 18.6 Å². The second kappa shape index (κ2) is 5.07. The van der Waals surface area contributed by atoms with Crippen LogP contribution in [0.5, 0.6) is 0 Å². The van der Waals surface area contributed by atoms with E-state index in [0.29, 0.717) is 5.69 Å². The van der Waals surface area contributed by atoms with Gasteiger partial charge in [0.25, 0.3) is 5.91 Å². The molecule has 17 heavy (non-hydrogen) atoms. The van der Waals surface area contributed by atoms with Crippen LogP contribution in [0.3, 0.4) is 0 Å². The minimum absolute atomic E-state index is 0.308. The summed E-state index contributed by atoms with van der Waals surface area (Å²) in [7, 11) is 0. The number of hydrogen-bond donors (Lipinski definition) is 2. The van der Waals surface area contributed by atoms with Gasteiger partial charge in [-0.2, -0.15) is 10.2 Å². The van der Waals surface area contributed by atoms with Crippen LogP contribution < -0.4 is 5.43 Å². The maximum Gasteiger partial charge on any atom is 0.289 e. The van der Waals surface area contributed by atoms with Gasteiger partial charge in [0.1, 0.15) is 5.69 Å². The maximum atomic E-state index is 11.6. The maximum absolute atomic E-state index is 11.6. The zero-order chi connectivity index (χ0) is 12.1. The van der Waals surface area contributed by atoms with Crippen molar-refractivity contribution >= 4 is 11.6 Å². The lowest BCUT2D eigenvalue weighted by Gasteiger charge is -2.01. The number of rotatable bonds is 3. The lowest BCUT2D eigenvalue weighted by Crippen LogP contribution is -2.19. The third-order valence-electron chi connectivity index (χ3n) is 2.26. The van der Waals surface area contributed by atoms with Crippen molar-refractivity contribution in [2.75, 3.05) is 0 Å². The number of H-pyrrole nitrogens is 1. The number of benzene rings is 1. The van der Waals surface area contributed by atoms with Crippen molar-refractivity contribution in [3.63, 3.8) is 0 Å². The number of aromatic amines is 1. The van der Waals surface area contributed by atoms with E-state index >= 15 is 0 Å². The first-order chi connectivity index (χ1) is 8.27. The second-order valence-electron chi connectivity index (χ2n) is 3.47. The summed E-state index contributed by atoms with van der Waals surface area (Å²) in [5.41, 5.74) is 4.56. The molecule has 1 aromatic carbocycles. The molecule has 1 amide bonds. The van der Waals surface area contributed by atoms with E-state index in [0.717, 1.165) is 11.3 Å². The largest absolute Gasteiger partial charge is 0.289 e. The topological polar surface area (TPSA) is 70.1 Å². The molecule has 0 fully saturated rings. The molecule has 0 aliphatic rings. The second-order valence-corrected chi connectivity index (χ2v) is 3.47. The molecule has 0 radical (unpaired) electrons. The first-order valence-electron chi connectivity index (χ1n) is 5.17. The highest BCUT2D eigenvalue weighted by Gasteiger charge is 2.05. The van der Waals surface area contributed by atoms with Gasteiger partial charge in [0.15, 0.2) is 0 Å². The fourth-order valence-corrected chi connectivity index (χ4v) is 1.32. The highest BCUT2D eigenvalue weighted by atomic mass is 16.2. The first-order valence-corrected chi connectivity index (χ1v) is 5.17. The van der Waals surface area contributed by atoms with Gasteiger partial charge in [-0.1, -0.05) is 30.3 Å². The summed E-state index contributed by atoms with van der Waals surface area (Å²) in [5.74, 6) is -0.308. The van der Waals surface area contributed by atoms with Crippen LogP contribution in [0.15, 0.2) is 47.7 Å². The molecule has 0 spiro atoms. The van der Waals surface area contributed by atoms with Crippen molar-refractivity contribution in [2.24, 2.45) is 5.10 Å². The van der Waals surface area contributed by atoms with Crippen molar-refractivity contribution in [3.05, 3.63) is 53.9 Å². The molecule has 2 rings (SSSR count). The number of carbonyl (C=O) groups is 1. The van der Waals surface area contributed by atoms with Crippen LogP contribution in [-0.2, 0) is 0 Å². The van der Waals surface area contributed by atoms with E-state index in [9.17, 15) is 4.79 Å². The Bertz CT molecular complexity index is 517. The Balaban J connectivity index is 2.04. The average molecular weight is 228 g/mol. The van der Waals surface area contributed by atoms with Crippen LogP contribution >= 0.6 is 0 Å². The van der Waals surface area contributed by atoms with E-state index in [2.05, 4.69) is 20.7 Å². The molecule has 2 N–H and O–H groups in total. The van der Waals surface area contributed by atoms with Crippen molar-refractivity contribution in [1.29, 1.82) is 0 Å². The Morgan fingerprint density at radius 1 is 1.29 bits per heavy atom. The van der Waals surface area contributed by atoms with Crippen LogP contribution in [0.1, 0.15) is 23.0 Å². The number of hydrazone groups is 1. The molecule has 0 atom stereocenters. The Morgan fingerprint density at radius 3 is 2.71 bits per heavy atom. The summed E-state index contributed by atoms with van der Waals surface area (Å²) in [6.45, 7) is 1.84. The number of hydrogen-bond acceptors (Lipinski definition) is 3. The number of amides is 1. The number of aromatic nitrogens is 2. The van der Waals surface area contributed by atoms with Gasteiger partial charge in [0, 0.05) is 6.20 Å². The normalized spacial score (nSPS) is 11.2. The summed E-state index contributed by atoms with van der Waals surface area (Å²) < 4.78 is 0. The van der Waals surface area contributed by atoms with Gasteiger partial charge in [-0.15, -0.1) is 0 Å². The molecule has 2 aromatic rings. The third kappa shape index (κ3) is 2.78. The molecular weight excluding hydrogens is 216 g/mol. The van der Waals surface area contributed by atoms with Crippen LogP contribution in [-0.4, -0.2) is 21.8 Å². The van der Waals surface area contributed by atoms with Gasteiger partial charge in [-0.3, -0.25) is 9.89 Å². The molecule has 0 aliphatic heterocycles. The summed E-state index contributed by atoms with van der Waals surface area (Å²) in [4.78, 5) is 11.6. The van der Waals surface area contributed by atoms with Gasteiger partial charge in [0.05, 0.1) is 5.71 Å². The summed E-state index contributed by atoms with van der Waals surface area (Å²) >= 11 is 0. The van der Waals surface area contributed by atoms with Crippen molar-refractivity contribution < 1.29 is 4.79 Å². The average Bonchev–Trinajstić information content (AvgIpc) is 2.90. The molecule has 5 nitrogen and oxygen atoms in total. The SMILES string of the molecule is C/C(=N/NC(=O)c1ccn[nH]1)c1ccccc1. The van der Waals surface area contributed by atoms with Gasteiger partial charge >= 0.3 is 0 Å². The van der Waals surface area contributed by atoms with Gasteiger partial charge in [-0.25, -0.2) is 5.43 Å². The molecule has 0 aliphatic carbocycles. The highest BCUT2D eigenvalue weighted by molar-refractivity contribution is 6.00. The number of nitrogens with one attached hydrogen (secondary N) is 2. The Kier molecular flexibility index (Phi) is 3.30. The number of carbonyl (C=O) groups excluding carboxylic acids is 1. The van der Waals surface area contributed by atoms with Crippen LogP contribution in [0.25, 0.3) is 0 Å². The van der Waals surface area contributed by atoms with E-state index in [1.165, 1.54) is 6.20 Å². The summed E-state index contributed by atoms with van der Waals surface area (Å²) in [6.07, 6.45) is 1.52. The lowest BCUT2D eigenvalue weighted by molar-refractivity contribution is 0.0950. The molecule has 0 bridgehead atoms. The predicted octanol–water partition coefficient (Wildman–Crippen LogP) is 1.56. The van der Waals surface area contributed by atoms with Crippen LogP contribution in [0.2, 0.25) is 0 Å². The molecule has 0 saturated heterocycles. The van der Waals surface area contributed by atoms with Crippen molar-refractivity contribution in [2.45, 2.75) is 6.92 Å². The summed E-state index contributed by atoms with van der Waals surface area (Å²) in [6, 6.07) is 11.2. The summed E-state index contributed by atoms with van der Waals surface area (Å²) in [5, 5.41) is 10.3. The fourth-order valence-electron chi connectivity index (χ4n) is 1.32. The van der Waals surface area contributed by atoms with Crippen LogP contribution in [0.4, 0.5) is 0 Å². The number of nitrogens with zero attached hydrogens (tertiary/aromatic N) is 2. The molecule has 5 heteroatoms. The Morgan fingerprint density at radius 2 is 2.06 bits per heavy atom. The van der Waals surface area contributed by atoms with Crippen molar-refractivity contribution in [1.82, 2.24) is 15.6 Å². The molecule has 86 valence electrons. The smallest absolute Gasteiger partial charge is 0.273 e. The van der Waals surface area contributed by atoms with E-state index < -0.39 is 0 Å². The monoisotopic (exact) mass is 228 g/mol. The minimum atomic E-state index is -0.308. The Labute approximate surface area is 98.6 Å². The van der Waals surface area contributed by atoms with Gasteiger partial charge in [0.2, 0.25) is 0 Å². The molecule has 1 aromatic heterocycles. The lowest BCUT2D eigenvalue weighted by atomic mass is 10.1. The zero-order valence-corrected chi connectivity index (χ0v) is 9.34. The van der Waals surface area contributed by atoms with E-state index in [1.54, 1.807) is 6.07 Å². The Hall–Kier alpha value is -2.43. The third-order valence-corrected chi connectivity index (χ3v) is 2.26. The quantitative estimate of drug-likeness (QED) is 0.618. The highest BCUT2D eigenvalue weighted by Crippen LogP contribution is 2.00. The predicted molar refractivity (Wildman–Crippen MR) is 64.7 cm³/mol. The fraction of sp³-hybridized carbons (Fsp3) is 0.0833. The van der Waals surface area contributed by atoms with Gasteiger partial charge < -0.3 is 0 Å². The molecular formula is C12H12N4O. The molecule has 1 heterocycles. The van der Waals surface area contributed by atoms with Crippen LogP contribution in [0, 0.1) is 0 Å². The molecule has 0 saturated carbocycles. The first kappa shape index (κ1) is 11.1. The van der Waals surface area contributed by atoms with E-state index in [-0.39, 0.29) is 5.91 Å². The standard InChI is InChI=1S/C12H12N4O/c1-9(10-5-3-2-4-6-10)14-16-12(17)11-7-8-13-15-11/h2-8H,1H3,(H,13,15)(H,16,17)/b14-9-. The molecule has 0 unspecified atom stereocenters. The van der Waals surface area contributed by atoms with Crippen molar-refractivity contribution in [3.8, 4) is 0 Å². The van der Waals surface area contributed by atoms with E-state index in [4.69, 9.17) is 0 Å². The van der Waals surface area contributed by atoms with E-state index in [1.807, 2.05) is 37.3 Å². The minimum Gasteiger partial charge on any atom is -0.273 e.